The van der Waals surface area contributed by atoms with E-state index in [1.807, 2.05) is 18.2 Å². The van der Waals surface area contributed by atoms with Gasteiger partial charge in [-0.3, -0.25) is 4.79 Å². The molecule has 0 aliphatic carbocycles. The van der Waals surface area contributed by atoms with Crippen molar-refractivity contribution >= 4 is 33.0 Å². The topological polar surface area (TPSA) is 102 Å². The van der Waals surface area contributed by atoms with Crippen molar-refractivity contribution in [3.8, 4) is 27.5 Å². The molecule has 0 bridgehead atoms. The molecule has 1 fully saturated rings. The van der Waals surface area contributed by atoms with E-state index in [-0.39, 0.29) is 16.4 Å². The Morgan fingerprint density at radius 3 is 2.78 bits per heavy atom. The Balaban J connectivity index is 1.36. The molecule has 0 saturated carbocycles. The van der Waals surface area contributed by atoms with Gasteiger partial charge in [0.1, 0.15) is 21.8 Å². The summed E-state index contributed by atoms with van der Waals surface area (Å²) in [6, 6.07) is 13.9. The van der Waals surface area contributed by atoms with Crippen molar-refractivity contribution in [3.05, 3.63) is 73.0 Å². The molecule has 0 radical (unpaired) electrons. The Morgan fingerprint density at radius 2 is 2.03 bits per heavy atom. The van der Waals surface area contributed by atoms with Crippen LogP contribution >= 0.6 is 11.3 Å². The summed E-state index contributed by atoms with van der Waals surface area (Å²) in [6.45, 7) is 0.288. The molecule has 3 heterocycles. The number of hydrogen-bond acceptors (Lipinski definition) is 7. The van der Waals surface area contributed by atoms with Gasteiger partial charge in [-0.05, 0) is 48.7 Å². The molecule has 5 rings (SSSR count). The highest BCUT2D eigenvalue weighted by atomic mass is 32.2. The minimum absolute atomic E-state index is 0.0474. The number of methoxy groups -OCH3 is 1. The van der Waals surface area contributed by atoms with Crippen LogP contribution in [0.25, 0.3) is 21.8 Å². The molecular weight excluding hydrogens is 505 g/mol. The van der Waals surface area contributed by atoms with Gasteiger partial charge in [0.25, 0.3) is 10.0 Å². The molecular formula is C25H22FN3O5S2. The number of para-hydroxylation sites is 1. The number of anilines is 1. The summed E-state index contributed by atoms with van der Waals surface area (Å²) < 4.78 is 54.3. The number of carbonyl (C=O) groups excluding carboxylic acids is 1. The van der Waals surface area contributed by atoms with Crippen LogP contribution in [0, 0.1) is 5.82 Å². The molecule has 4 aromatic rings. The van der Waals surface area contributed by atoms with Crippen LogP contribution in [0.3, 0.4) is 0 Å². The second-order valence-corrected chi connectivity index (χ2v) is 11.2. The number of aromatic nitrogens is 1. The molecule has 1 unspecified atom stereocenters. The largest absolute Gasteiger partial charge is 0.496 e. The zero-order chi connectivity index (χ0) is 25.3. The van der Waals surface area contributed by atoms with E-state index in [0.29, 0.717) is 34.8 Å². The number of thiophene rings is 1. The second-order valence-electron chi connectivity index (χ2n) is 8.16. The van der Waals surface area contributed by atoms with Gasteiger partial charge < -0.3 is 14.1 Å². The minimum Gasteiger partial charge on any atom is -0.496 e. The molecule has 36 heavy (non-hydrogen) atoms. The minimum atomic E-state index is -3.98. The van der Waals surface area contributed by atoms with Crippen LogP contribution in [0.15, 0.2) is 75.8 Å². The van der Waals surface area contributed by atoms with E-state index >= 15 is 4.39 Å². The third-order valence-corrected chi connectivity index (χ3v) is 8.98. The van der Waals surface area contributed by atoms with Gasteiger partial charge in [0.05, 0.1) is 23.9 Å². The third-order valence-electron chi connectivity index (χ3n) is 5.91. The zero-order valence-corrected chi connectivity index (χ0v) is 20.8. The van der Waals surface area contributed by atoms with Gasteiger partial charge >= 0.3 is 0 Å². The Morgan fingerprint density at radius 1 is 1.19 bits per heavy atom. The summed E-state index contributed by atoms with van der Waals surface area (Å²) in [5, 5.41) is 0. The zero-order valence-electron chi connectivity index (χ0n) is 19.2. The molecule has 2 aromatic carbocycles. The quantitative estimate of drug-likeness (QED) is 0.374. The number of amides is 1. The van der Waals surface area contributed by atoms with Gasteiger partial charge in [0.15, 0.2) is 12.2 Å². The second kappa shape index (κ2) is 9.84. The molecule has 1 aliphatic heterocycles. The van der Waals surface area contributed by atoms with Crippen molar-refractivity contribution in [2.45, 2.75) is 23.1 Å². The first kappa shape index (κ1) is 24.2. The van der Waals surface area contributed by atoms with Gasteiger partial charge in [-0.15, -0.1) is 11.3 Å². The van der Waals surface area contributed by atoms with Crippen LogP contribution in [0.2, 0.25) is 0 Å². The lowest BCUT2D eigenvalue weighted by Crippen LogP contribution is -2.52. The molecule has 8 nitrogen and oxygen atoms in total. The van der Waals surface area contributed by atoms with Crippen LogP contribution < -0.4 is 14.4 Å². The first-order valence-corrected chi connectivity index (χ1v) is 13.4. The highest BCUT2D eigenvalue weighted by Gasteiger charge is 2.34. The highest BCUT2D eigenvalue weighted by Crippen LogP contribution is 2.34. The molecule has 1 N–H and O–H groups in total. The van der Waals surface area contributed by atoms with E-state index in [2.05, 4.69) is 9.71 Å². The van der Waals surface area contributed by atoms with Crippen LogP contribution in [-0.2, 0) is 14.8 Å². The molecule has 1 saturated heterocycles. The number of rotatable bonds is 7. The maximum absolute atomic E-state index is 15.2. The van der Waals surface area contributed by atoms with Crippen molar-refractivity contribution in [1.29, 1.82) is 0 Å². The van der Waals surface area contributed by atoms with E-state index in [1.54, 1.807) is 25.3 Å². The van der Waals surface area contributed by atoms with Gasteiger partial charge in [-0.25, -0.2) is 17.8 Å². The van der Waals surface area contributed by atoms with E-state index in [9.17, 15) is 13.2 Å². The molecule has 1 amide bonds. The summed E-state index contributed by atoms with van der Waals surface area (Å²) in [5.41, 5.74) is 1.43. The molecule has 2 aromatic heterocycles. The van der Waals surface area contributed by atoms with Crippen molar-refractivity contribution in [2.75, 3.05) is 18.6 Å². The van der Waals surface area contributed by atoms with E-state index in [4.69, 9.17) is 9.15 Å². The molecule has 186 valence electrons. The summed E-state index contributed by atoms with van der Waals surface area (Å²) >= 11 is 1.01. The van der Waals surface area contributed by atoms with E-state index in [1.165, 1.54) is 35.7 Å². The first-order valence-electron chi connectivity index (χ1n) is 11.1. The third kappa shape index (κ3) is 4.64. The van der Waals surface area contributed by atoms with Crippen LogP contribution in [-0.4, -0.2) is 39.0 Å². The summed E-state index contributed by atoms with van der Waals surface area (Å²) in [7, 11) is -2.43. The lowest BCUT2D eigenvalue weighted by atomic mass is 10.0. The fourth-order valence-electron chi connectivity index (χ4n) is 4.18. The number of sulfonamides is 1. The van der Waals surface area contributed by atoms with Crippen molar-refractivity contribution < 1.29 is 26.8 Å². The summed E-state index contributed by atoms with van der Waals surface area (Å²) in [4.78, 5) is 19.0. The number of nitrogens with one attached hydrogen (secondary N) is 1. The number of halogens is 1. The number of benzene rings is 2. The molecule has 1 aliphatic rings. The van der Waals surface area contributed by atoms with Gasteiger partial charge in [0, 0.05) is 12.1 Å². The Labute approximate surface area is 211 Å². The fraction of sp³-hybridized carbons (Fsp3) is 0.200. The molecule has 11 heteroatoms. The number of carbonyl (C=O) groups is 1. The number of oxazole rings is 1. The maximum Gasteiger partial charge on any atom is 0.250 e. The predicted molar refractivity (Wildman–Crippen MR) is 134 cm³/mol. The van der Waals surface area contributed by atoms with Gasteiger partial charge in [-0.2, -0.15) is 4.72 Å². The average molecular weight is 528 g/mol. The summed E-state index contributed by atoms with van der Waals surface area (Å²) in [5.74, 6) is -0.0207. The molecule has 1 atom stereocenters. The maximum atomic E-state index is 15.2. The average Bonchev–Trinajstić information content (AvgIpc) is 3.58. The van der Waals surface area contributed by atoms with Crippen LogP contribution in [0.5, 0.6) is 5.75 Å². The van der Waals surface area contributed by atoms with E-state index in [0.717, 1.165) is 16.9 Å². The highest BCUT2D eigenvalue weighted by molar-refractivity contribution is 7.91. The van der Waals surface area contributed by atoms with Crippen LogP contribution in [0.4, 0.5) is 10.1 Å². The van der Waals surface area contributed by atoms with Crippen molar-refractivity contribution in [2.24, 2.45) is 0 Å². The normalized spacial score (nSPS) is 16.3. The standard InChI is InChI=1S/C25H22FN3O5S2/c1-33-21-7-3-2-5-17(21)16-8-9-20(18(26)13-16)29-12-4-6-19(25(29)30)28-36(31,32)24-11-10-23(35-24)22-14-27-15-34-22/h2-3,5,7-11,13-15,19,28H,4,6,12H2,1H3. The summed E-state index contributed by atoms with van der Waals surface area (Å²) in [6.07, 6.45) is 3.58. The Bertz CT molecular complexity index is 1500. The number of hydrogen-bond donors (Lipinski definition) is 1. The SMILES string of the molecule is COc1ccccc1-c1ccc(N2CCCC(NS(=O)(=O)c3ccc(-c4cnco4)s3)C2=O)c(F)c1. The van der Waals surface area contributed by atoms with Crippen molar-refractivity contribution in [1.82, 2.24) is 9.71 Å². The molecule has 0 spiro atoms. The van der Waals surface area contributed by atoms with Gasteiger partial charge in [-0.1, -0.05) is 24.3 Å². The number of ether oxygens (including phenoxy) is 1. The van der Waals surface area contributed by atoms with E-state index < -0.39 is 27.8 Å². The van der Waals surface area contributed by atoms with Gasteiger partial charge in [0.2, 0.25) is 5.91 Å². The van der Waals surface area contributed by atoms with Crippen molar-refractivity contribution in [3.63, 3.8) is 0 Å². The van der Waals surface area contributed by atoms with Crippen LogP contribution in [0.1, 0.15) is 12.8 Å². The number of piperidine rings is 1. The Kier molecular flexibility index (Phi) is 6.61. The lowest BCUT2D eigenvalue weighted by molar-refractivity contribution is -0.121. The predicted octanol–water partition coefficient (Wildman–Crippen LogP) is 4.69. The Hall–Kier alpha value is -3.54. The lowest BCUT2D eigenvalue weighted by Gasteiger charge is -2.32. The fourth-order valence-corrected chi connectivity index (χ4v) is 6.68. The smallest absolute Gasteiger partial charge is 0.250 e. The number of nitrogens with zero attached hydrogens (tertiary/aromatic N) is 2. The first-order chi connectivity index (χ1) is 17.4. The monoisotopic (exact) mass is 527 g/mol.